The zero-order valence-corrected chi connectivity index (χ0v) is 29.7. The third-order valence-electron chi connectivity index (χ3n) is 9.03. The molecule has 3 saturated heterocycles. The number of carbonyl (C=O) groups excluding carboxylic acids is 2. The highest BCUT2D eigenvalue weighted by Crippen LogP contribution is 2.36. The van der Waals surface area contributed by atoms with E-state index in [1.165, 1.54) is 23.7 Å². The van der Waals surface area contributed by atoms with Gasteiger partial charge in [0.25, 0.3) is 0 Å². The number of benzene rings is 2. The van der Waals surface area contributed by atoms with Gasteiger partial charge in [-0.05, 0) is 79.7 Å². The van der Waals surface area contributed by atoms with Gasteiger partial charge >= 0.3 is 11.9 Å². The molecular formula is C37H39Cl2N3O6S. The van der Waals surface area contributed by atoms with Gasteiger partial charge in [0.15, 0.2) is 11.5 Å². The van der Waals surface area contributed by atoms with Gasteiger partial charge in [-0.15, -0.1) is 11.3 Å². The fourth-order valence-corrected chi connectivity index (χ4v) is 7.79. The number of rotatable bonds is 14. The van der Waals surface area contributed by atoms with Crippen molar-refractivity contribution in [1.82, 2.24) is 15.2 Å². The van der Waals surface area contributed by atoms with Crippen molar-refractivity contribution in [1.29, 1.82) is 0 Å². The molecule has 0 saturated carbocycles. The van der Waals surface area contributed by atoms with Crippen molar-refractivity contribution in [3.8, 4) is 11.5 Å². The molecule has 3 aliphatic rings. The molecule has 3 atom stereocenters. The Labute approximate surface area is 300 Å². The molecule has 2 bridgehead atoms. The minimum absolute atomic E-state index is 0.0914. The van der Waals surface area contributed by atoms with Gasteiger partial charge in [-0.2, -0.15) is 0 Å². The van der Waals surface area contributed by atoms with Crippen LogP contribution >= 0.6 is 34.5 Å². The van der Waals surface area contributed by atoms with Crippen molar-refractivity contribution < 1.29 is 28.5 Å². The Morgan fingerprint density at radius 2 is 1.76 bits per heavy atom. The molecule has 0 aliphatic carbocycles. The second-order valence-corrected chi connectivity index (χ2v) is 14.1. The van der Waals surface area contributed by atoms with Crippen LogP contribution in [0, 0.1) is 5.92 Å². The molecule has 258 valence electrons. The van der Waals surface area contributed by atoms with Crippen molar-refractivity contribution in [2.24, 2.45) is 5.92 Å². The number of ether oxygens (including phenoxy) is 4. The number of thiophene rings is 1. The van der Waals surface area contributed by atoms with Crippen molar-refractivity contribution in [3.63, 3.8) is 0 Å². The van der Waals surface area contributed by atoms with E-state index in [0.717, 1.165) is 42.9 Å². The molecule has 7 rings (SSSR count). The number of carbonyl (C=O) groups is 2. The zero-order chi connectivity index (χ0) is 34.3. The zero-order valence-electron chi connectivity index (χ0n) is 27.4. The molecule has 9 nitrogen and oxygen atoms in total. The van der Waals surface area contributed by atoms with Crippen molar-refractivity contribution >= 4 is 46.5 Å². The number of hydrogen-bond acceptors (Lipinski definition) is 10. The standard InChI is InChI=1S/C37H39Cl2N3O6S/c1-3-46-32-17-25(9-11-30(32)45-2)31(18-27-28(38)20-40-21-29(27)39)47-36(43)34-12-10-26(49-34)19-41-35(24-7-5-4-6-8-24)37(44)48-33-22-42-15-13-23(33)14-16-42/h4-12,17,20-21,23,31,33,35,41H,3,13-16,18-19,22H2,1-2H3/t31?,33-,35?/m0/s1. The summed E-state index contributed by atoms with van der Waals surface area (Å²) >= 11 is 14.2. The van der Waals surface area contributed by atoms with E-state index in [0.29, 0.717) is 56.6 Å². The van der Waals surface area contributed by atoms with Crippen molar-refractivity contribution in [2.45, 2.75) is 51.0 Å². The first-order chi connectivity index (χ1) is 23.8. The summed E-state index contributed by atoms with van der Waals surface area (Å²) in [5, 5.41) is 4.13. The molecule has 0 spiro atoms. The number of methoxy groups -OCH3 is 1. The van der Waals surface area contributed by atoms with Gasteiger partial charge in [0.05, 0.1) is 23.8 Å². The fourth-order valence-electron chi connectivity index (χ4n) is 6.42. The molecule has 5 heterocycles. The lowest BCUT2D eigenvalue weighted by atomic mass is 9.86. The lowest BCUT2D eigenvalue weighted by molar-refractivity contribution is -0.161. The highest BCUT2D eigenvalue weighted by atomic mass is 35.5. The molecule has 1 N–H and O–H groups in total. The van der Waals surface area contributed by atoms with E-state index in [-0.39, 0.29) is 18.5 Å². The first-order valence-electron chi connectivity index (χ1n) is 16.4. The summed E-state index contributed by atoms with van der Waals surface area (Å²) in [6.45, 7) is 5.60. The third-order valence-corrected chi connectivity index (χ3v) is 10.7. The lowest BCUT2D eigenvalue weighted by Crippen LogP contribution is -2.52. The first kappa shape index (κ1) is 35.2. The van der Waals surface area contributed by atoms with Crippen molar-refractivity contribution in [3.05, 3.63) is 110 Å². The Balaban J connectivity index is 1.17. The third kappa shape index (κ3) is 8.56. The van der Waals surface area contributed by atoms with E-state index < -0.39 is 18.1 Å². The van der Waals surface area contributed by atoms with Gasteiger partial charge in [-0.25, -0.2) is 9.59 Å². The van der Waals surface area contributed by atoms with Crippen LogP contribution in [0.5, 0.6) is 11.5 Å². The highest BCUT2D eigenvalue weighted by molar-refractivity contribution is 7.13. The molecular weight excluding hydrogens is 685 g/mol. The number of piperidine rings is 3. The second-order valence-electron chi connectivity index (χ2n) is 12.1. The summed E-state index contributed by atoms with van der Waals surface area (Å²) in [5.41, 5.74) is 2.12. The quantitative estimate of drug-likeness (QED) is 0.133. The summed E-state index contributed by atoms with van der Waals surface area (Å²) in [7, 11) is 1.57. The number of hydrogen-bond donors (Lipinski definition) is 1. The van der Waals surface area contributed by atoms with Gasteiger partial charge in [0, 0.05) is 36.8 Å². The Morgan fingerprint density at radius 3 is 2.43 bits per heavy atom. The van der Waals surface area contributed by atoms with E-state index in [9.17, 15) is 9.59 Å². The Morgan fingerprint density at radius 1 is 1.00 bits per heavy atom. The molecule has 3 fully saturated rings. The minimum atomic E-state index is -0.748. The summed E-state index contributed by atoms with van der Waals surface area (Å²) in [4.78, 5) is 34.9. The topological polar surface area (TPSA) is 99.2 Å². The van der Waals surface area contributed by atoms with Crippen LogP contribution in [-0.4, -0.2) is 61.3 Å². The number of nitrogens with zero attached hydrogens (tertiary/aromatic N) is 2. The number of aromatic nitrogens is 1. The Hall–Kier alpha value is -3.67. The maximum atomic E-state index is 13.6. The summed E-state index contributed by atoms with van der Waals surface area (Å²) in [5.74, 6) is 0.711. The van der Waals surface area contributed by atoms with Gasteiger partial charge in [0.2, 0.25) is 0 Å². The molecule has 4 aromatic rings. The van der Waals surface area contributed by atoms with Gasteiger partial charge in [0.1, 0.15) is 23.1 Å². The van der Waals surface area contributed by atoms with Crippen LogP contribution in [0.15, 0.2) is 73.1 Å². The number of esters is 2. The number of halogens is 2. The van der Waals surface area contributed by atoms with Gasteiger partial charge in [-0.1, -0.05) is 59.6 Å². The Kier molecular flexibility index (Phi) is 11.7. The number of pyridine rings is 1. The van der Waals surface area contributed by atoms with Gasteiger partial charge in [-0.3, -0.25) is 15.2 Å². The molecule has 2 unspecified atom stereocenters. The molecule has 0 radical (unpaired) electrons. The van der Waals surface area contributed by atoms with Crippen LogP contribution in [0.25, 0.3) is 0 Å². The average molecular weight is 725 g/mol. The summed E-state index contributed by atoms with van der Waals surface area (Å²) in [6.07, 6.45) is 4.51. The predicted octanol–water partition coefficient (Wildman–Crippen LogP) is 7.47. The molecule has 3 aliphatic heterocycles. The first-order valence-corrected chi connectivity index (χ1v) is 18.0. The summed E-state index contributed by atoms with van der Waals surface area (Å²) < 4.78 is 23.5. The van der Waals surface area contributed by atoms with Crippen LogP contribution in [-0.2, 0) is 27.2 Å². The minimum Gasteiger partial charge on any atom is -0.493 e. The smallest absolute Gasteiger partial charge is 0.348 e. The molecule has 12 heteroatoms. The van der Waals surface area contributed by atoms with Crippen LogP contribution in [0.4, 0.5) is 0 Å². The number of fused-ring (bicyclic) bond motifs is 3. The average Bonchev–Trinajstić information content (AvgIpc) is 3.60. The van der Waals surface area contributed by atoms with Crippen LogP contribution in [0.3, 0.4) is 0 Å². The number of nitrogens with one attached hydrogen (secondary N) is 1. The molecule has 0 amide bonds. The lowest BCUT2D eigenvalue weighted by Gasteiger charge is -2.44. The normalized spacial score (nSPS) is 19.6. The van der Waals surface area contributed by atoms with E-state index in [4.69, 9.17) is 42.1 Å². The van der Waals surface area contributed by atoms with E-state index >= 15 is 0 Å². The molecule has 2 aromatic carbocycles. The van der Waals surface area contributed by atoms with Crippen LogP contribution < -0.4 is 14.8 Å². The van der Waals surface area contributed by atoms with Crippen LogP contribution in [0.2, 0.25) is 10.0 Å². The second kappa shape index (κ2) is 16.4. The van der Waals surface area contributed by atoms with Crippen LogP contribution in [0.1, 0.15) is 63.2 Å². The van der Waals surface area contributed by atoms with Crippen molar-refractivity contribution in [2.75, 3.05) is 33.4 Å². The largest absolute Gasteiger partial charge is 0.493 e. The van der Waals surface area contributed by atoms with Gasteiger partial charge < -0.3 is 18.9 Å². The Bertz CT molecular complexity index is 1730. The maximum absolute atomic E-state index is 13.6. The summed E-state index contributed by atoms with van der Waals surface area (Å²) in [6, 6.07) is 17.9. The SMILES string of the molecule is CCOc1cc(C(Cc2c(Cl)cncc2Cl)OC(=O)c2ccc(CNC(C(=O)O[C@H]3CN4CCC3CC4)c3ccccc3)s2)ccc1OC. The maximum Gasteiger partial charge on any atom is 0.348 e. The van der Waals surface area contributed by atoms with E-state index in [1.807, 2.05) is 49.4 Å². The highest BCUT2D eigenvalue weighted by Gasteiger charge is 2.38. The monoisotopic (exact) mass is 723 g/mol. The fraction of sp³-hybridized carbons (Fsp3) is 0.378. The molecule has 2 aromatic heterocycles. The van der Waals surface area contributed by atoms with E-state index in [2.05, 4.69) is 15.2 Å². The molecule has 49 heavy (non-hydrogen) atoms. The predicted molar refractivity (Wildman–Crippen MR) is 190 cm³/mol. The van der Waals surface area contributed by atoms with E-state index in [1.54, 1.807) is 25.3 Å².